The van der Waals surface area contributed by atoms with Gasteiger partial charge in [0.25, 0.3) is 0 Å². The van der Waals surface area contributed by atoms with Gasteiger partial charge in [-0.2, -0.15) is 11.8 Å². The van der Waals surface area contributed by atoms with Crippen LogP contribution in [-0.2, 0) is 0 Å². The Bertz CT molecular complexity index is 323. The Morgan fingerprint density at radius 2 is 2.12 bits per heavy atom. The van der Waals surface area contributed by atoms with Crippen LogP contribution in [0.5, 0.6) is 0 Å². The summed E-state index contributed by atoms with van der Waals surface area (Å²) in [5.41, 5.74) is 1.26. The van der Waals surface area contributed by atoms with Gasteiger partial charge in [-0.05, 0) is 52.8 Å². The molecule has 0 N–H and O–H groups in total. The summed E-state index contributed by atoms with van der Waals surface area (Å²) in [6.07, 6.45) is 3.42. The molecule has 0 amide bonds. The van der Waals surface area contributed by atoms with E-state index in [1.165, 1.54) is 27.8 Å². The third kappa shape index (κ3) is 3.75. The van der Waals surface area contributed by atoms with Crippen molar-refractivity contribution >= 4 is 23.1 Å². The van der Waals surface area contributed by atoms with Crippen LogP contribution in [0.4, 0.5) is 0 Å². The third-order valence-electron chi connectivity index (χ3n) is 2.86. The lowest BCUT2D eigenvalue weighted by Crippen LogP contribution is -2.24. The summed E-state index contributed by atoms with van der Waals surface area (Å²) in [5, 5.41) is 1.18. The number of hydrogen-bond donors (Lipinski definition) is 0. The van der Waals surface area contributed by atoms with Gasteiger partial charge >= 0.3 is 0 Å². The fourth-order valence-electron chi connectivity index (χ4n) is 1.79. The first kappa shape index (κ1) is 14.0. The maximum atomic E-state index is 4.63. The molecule has 4 heteroatoms. The lowest BCUT2D eigenvalue weighted by molar-refractivity contribution is 0.258. The van der Waals surface area contributed by atoms with Gasteiger partial charge in [-0.1, -0.05) is 0 Å². The standard InChI is InChI=1S/C12H22N2S2/c1-9(14(4)7-6-8-15-5)12-10(2)16-11(3)13-12/h9H,6-8H2,1-5H3/t9-/m1/s1. The van der Waals surface area contributed by atoms with Gasteiger partial charge in [0.2, 0.25) is 0 Å². The molecule has 16 heavy (non-hydrogen) atoms. The van der Waals surface area contributed by atoms with Crippen LogP contribution >= 0.6 is 23.1 Å². The first-order chi connectivity index (χ1) is 7.56. The number of thiazole rings is 1. The van der Waals surface area contributed by atoms with E-state index < -0.39 is 0 Å². The van der Waals surface area contributed by atoms with Gasteiger partial charge in [0.1, 0.15) is 0 Å². The van der Waals surface area contributed by atoms with Crippen molar-refractivity contribution in [2.45, 2.75) is 33.2 Å². The number of aromatic nitrogens is 1. The SMILES string of the molecule is CSCCCN(C)[C@H](C)c1nc(C)sc1C. The molecule has 92 valence electrons. The highest BCUT2D eigenvalue weighted by molar-refractivity contribution is 7.98. The number of aryl methyl sites for hydroxylation is 2. The molecule has 0 unspecified atom stereocenters. The largest absolute Gasteiger partial charge is 0.298 e. The number of hydrogen-bond acceptors (Lipinski definition) is 4. The van der Waals surface area contributed by atoms with Gasteiger partial charge < -0.3 is 0 Å². The molecule has 0 bridgehead atoms. The Labute approximate surface area is 107 Å². The summed E-state index contributed by atoms with van der Waals surface area (Å²) in [7, 11) is 2.19. The first-order valence-corrected chi connectivity index (χ1v) is 7.90. The van der Waals surface area contributed by atoms with Crippen LogP contribution in [0.15, 0.2) is 0 Å². The molecule has 1 aromatic rings. The molecule has 1 aromatic heterocycles. The van der Waals surface area contributed by atoms with Crippen LogP contribution in [0.1, 0.15) is 35.0 Å². The zero-order chi connectivity index (χ0) is 12.1. The number of thioether (sulfide) groups is 1. The zero-order valence-corrected chi connectivity index (χ0v) is 12.5. The van der Waals surface area contributed by atoms with E-state index in [1.807, 2.05) is 11.8 Å². The lowest BCUT2D eigenvalue weighted by Gasteiger charge is -2.23. The van der Waals surface area contributed by atoms with Crippen molar-refractivity contribution in [1.29, 1.82) is 0 Å². The monoisotopic (exact) mass is 258 g/mol. The molecule has 1 heterocycles. The maximum absolute atomic E-state index is 4.63. The molecular weight excluding hydrogens is 236 g/mol. The zero-order valence-electron chi connectivity index (χ0n) is 10.9. The summed E-state index contributed by atoms with van der Waals surface area (Å²) in [6.45, 7) is 7.66. The van der Waals surface area contributed by atoms with Crippen LogP contribution in [0.25, 0.3) is 0 Å². The first-order valence-electron chi connectivity index (χ1n) is 5.69. The second-order valence-corrected chi connectivity index (χ2v) is 6.57. The van der Waals surface area contributed by atoms with Crippen LogP contribution in [0, 0.1) is 13.8 Å². The minimum atomic E-state index is 0.437. The highest BCUT2D eigenvalue weighted by atomic mass is 32.2. The molecule has 0 aromatic carbocycles. The second kappa shape index (κ2) is 6.62. The third-order valence-corrected chi connectivity index (χ3v) is 4.45. The molecule has 1 atom stereocenters. The van der Waals surface area contributed by atoms with Gasteiger partial charge in [0.05, 0.1) is 16.7 Å². The van der Waals surface area contributed by atoms with E-state index in [0.717, 1.165) is 6.54 Å². The van der Waals surface area contributed by atoms with Crippen molar-refractivity contribution in [1.82, 2.24) is 9.88 Å². The van der Waals surface area contributed by atoms with E-state index in [-0.39, 0.29) is 0 Å². The van der Waals surface area contributed by atoms with Crippen LogP contribution in [0.3, 0.4) is 0 Å². The summed E-state index contributed by atoms with van der Waals surface area (Å²) in [5.74, 6) is 1.24. The highest BCUT2D eigenvalue weighted by Gasteiger charge is 2.16. The van der Waals surface area contributed by atoms with Crippen molar-refractivity contribution in [3.05, 3.63) is 15.6 Å². The molecule has 0 saturated heterocycles. The Morgan fingerprint density at radius 3 is 2.62 bits per heavy atom. The number of nitrogens with zero attached hydrogens (tertiary/aromatic N) is 2. The predicted octanol–water partition coefficient (Wildman–Crippen LogP) is 3.51. The average molecular weight is 258 g/mol. The normalized spacial score (nSPS) is 13.4. The van der Waals surface area contributed by atoms with E-state index in [4.69, 9.17) is 0 Å². The minimum Gasteiger partial charge on any atom is -0.298 e. The Morgan fingerprint density at radius 1 is 1.44 bits per heavy atom. The Kier molecular flexibility index (Phi) is 5.79. The molecule has 0 aliphatic heterocycles. The van der Waals surface area contributed by atoms with Crippen molar-refractivity contribution in [3.8, 4) is 0 Å². The van der Waals surface area contributed by atoms with Gasteiger partial charge in [-0.3, -0.25) is 4.90 Å². The molecule has 0 radical (unpaired) electrons. The summed E-state index contributed by atoms with van der Waals surface area (Å²) < 4.78 is 0. The maximum Gasteiger partial charge on any atom is 0.0900 e. The van der Waals surface area contributed by atoms with Crippen molar-refractivity contribution < 1.29 is 0 Å². The molecule has 0 saturated carbocycles. The molecule has 0 spiro atoms. The molecule has 0 aliphatic rings. The average Bonchev–Trinajstić information content (AvgIpc) is 2.57. The van der Waals surface area contributed by atoms with Crippen molar-refractivity contribution in [3.63, 3.8) is 0 Å². The quantitative estimate of drug-likeness (QED) is 0.727. The van der Waals surface area contributed by atoms with E-state index in [1.54, 1.807) is 11.3 Å². The van der Waals surface area contributed by atoms with Crippen molar-refractivity contribution in [2.75, 3.05) is 25.6 Å². The minimum absolute atomic E-state index is 0.437. The van der Waals surface area contributed by atoms with Gasteiger partial charge in [-0.25, -0.2) is 4.98 Å². The molecule has 0 fully saturated rings. The summed E-state index contributed by atoms with van der Waals surface area (Å²) >= 11 is 3.72. The smallest absolute Gasteiger partial charge is 0.0900 e. The van der Waals surface area contributed by atoms with E-state index in [9.17, 15) is 0 Å². The molecule has 1 rings (SSSR count). The van der Waals surface area contributed by atoms with Crippen LogP contribution in [-0.4, -0.2) is 35.5 Å². The lowest BCUT2D eigenvalue weighted by atomic mass is 10.2. The topological polar surface area (TPSA) is 16.1 Å². The van der Waals surface area contributed by atoms with Gasteiger partial charge in [0, 0.05) is 4.88 Å². The van der Waals surface area contributed by atoms with Gasteiger partial charge in [0.15, 0.2) is 0 Å². The molecule has 2 nitrogen and oxygen atoms in total. The fourth-order valence-corrected chi connectivity index (χ4v) is 3.12. The second-order valence-electron chi connectivity index (χ2n) is 4.18. The summed E-state index contributed by atoms with van der Waals surface area (Å²) in [6, 6.07) is 0.437. The van der Waals surface area contributed by atoms with E-state index in [2.05, 4.69) is 44.0 Å². The van der Waals surface area contributed by atoms with E-state index >= 15 is 0 Å². The molecular formula is C12H22N2S2. The summed E-state index contributed by atoms with van der Waals surface area (Å²) in [4.78, 5) is 8.39. The van der Waals surface area contributed by atoms with Crippen LogP contribution < -0.4 is 0 Å². The number of rotatable bonds is 6. The Balaban J connectivity index is 2.56. The fraction of sp³-hybridized carbons (Fsp3) is 0.750. The van der Waals surface area contributed by atoms with E-state index in [0.29, 0.717) is 6.04 Å². The predicted molar refractivity (Wildman–Crippen MR) is 75.6 cm³/mol. The Hall–Kier alpha value is -0.0600. The van der Waals surface area contributed by atoms with Crippen molar-refractivity contribution in [2.24, 2.45) is 0 Å². The van der Waals surface area contributed by atoms with Gasteiger partial charge in [-0.15, -0.1) is 11.3 Å². The molecule has 0 aliphatic carbocycles. The highest BCUT2D eigenvalue weighted by Crippen LogP contribution is 2.25. The van der Waals surface area contributed by atoms with Crippen LogP contribution in [0.2, 0.25) is 0 Å².